The number of hydrogen-bond donors (Lipinski definition) is 0. The molecule has 0 aliphatic heterocycles. The molecular weight excluding hydrogens is 278 g/mol. The van der Waals surface area contributed by atoms with Crippen LogP contribution in [0.25, 0.3) is 11.2 Å². The molecule has 98 valence electrons. The average Bonchev–Trinajstić information content (AvgIpc) is 2.94. The van der Waals surface area contributed by atoms with Gasteiger partial charge in [-0.05, 0) is 42.5 Å². The number of alkyl halides is 1. The highest BCUT2D eigenvalue weighted by molar-refractivity contribution is 7.10. The molecule has 3 aromatic rings. The number of halogens is 1. The lowest BCUT2D eigenvalue weighted by Crippen LogP contribution is -2.04. The molecule has 19 heavy (non-hydrogen) atoms. The summed E-state index contributed by atoms with van der Waals surface area (Å²) in [7, 11) is 0. The Balaban J connectivity index is 2.13. The van der Waals surface area contributed by atoms with Crippen LogP contribution in [0.1, 0.15) is 21.8 Å². The molecular formula is C14H14ClN3S. The Kier molecular flexibility index (Phi) is 3.29. The third-order valence-electron chi connectivity index (χ3n) is 3.19. The summed E-state index contributed by atoms with van der Waals surface area (Å²) in [6.45, 7) is 4.94. The number of rotatable bonds is 3. The van der Waals surface area contributed by atoms with Crippen LogP contribution >= 0.6 is 22.9 Å². The first-order chi connectivity index (χ1) is 9.19. The first-order valence-corrected chi connectivity index (χ1v) is 7.51. The van der Waals surface area contributed by atoms with Crippen LogP contribution in [0.5, 0.6) is 0 Å². The standard InChI is InChI=1S/C14H14ClN3S/c1-9-5-11-14(16-7-9)18(13(6-15)17-11)8-12-10(2)3-4-19-12/h3-5,7H,6,8H2,1-2H3. The van der Waals surface area contributed by atoms with Gasteiger partial charge in [-0.3, -0.25) is 0 Å². The zero-order chi connectivity index (χ0) is 13.4. The van der Waals surface area contributed by atoms with Crippen LogP contribution in [-0.2, 0) is 12.4 Å². The molecule has 0 spiro atoms. The van der Waals surface area contributed by atoms with Crippen molar-refractivity contribution in [2.75, 3.05) is 0 Å². The predicted molar refractivity (Wildman–Crippen MR) is 80.0 cm³/mol. The van der Waals surface area contributed by atoms with Gasteiger partial charge in [0, 0.05) is 11.1 Å². The van der Waals surface area contributed by atoms with E-state index in [1.165, 1.54) is 10.4 Å². The molecule has 0 unspecified atom stereocenters. The average molecular weight is 292 g/mol. The van der Waals surface area contributed by atoms with Crippen LogP contribution in [0.2, 0.25) is 0 Å². The highest BCUT2D eigenvalue weighted by Gasteiger charge is 2.13. The first kappa shape index (κ1) is 12.6. The van der Waals surface area contributed by atoms with Crippen molar-refractivity contribution in [3.8, 4) is 0 Å². The molecule has 0 saturated heterocycles. The third-order valence-corrected chi connectivity index (χ3v) is 4.44. The second kappa shape index (κ2) is 4.94. The fourth-order valence-corrected chi connectivity index (χ4v) is 3.23. The molecule has 3 nitrogen and oxygen atoms in total. The van der Waals surface area contributed by atoms with Crippen LogP contribution in [0.3, 0.4) is 0 Å². The maximum absolute atomic E-state index is 6.02. The number of nitrogens with zero attached hydrogens (tertiary/aromatic N) is 3. The van der Waals surface area contributed by atoms with Gasteiger partial charge in [0.25, 0.3) is 0 Å². The lowest BCUT2D eigenvalue weighted by molar-refractivity contribution is 0.777. The Morgan fingerprint density at radius 1 is 1.37 bits per heavy atom. The van der Waals surface area contributed by atoms with Gasteiger partial charge in [-0.15, -0.1) is 22.9 Å². The van der Waals surface area contributed by atoms with Crippen LogP contribution in [0, 0.1) is 13.8 Å². The summed E-state index contributed by atoms with van der Waals surface area (Å²) in [6.07, 6.45) is 1.87. The zero-order valence-corrected chi connectivity index (χ0v) is 12.4. The smallest absolute Gasteiger partial charge is 0.160 e. The SMILES string of the molecule is Cc1cnc2c(c1)nc(CCl)n2Cc1sccc1C. The van der Waals surface area contributed by atoms with Crippen LogP contribution in [0.15, 0.2) is 23.7 Å². The van der Waals surface area contributed by atoms with Crippen molar-refractivity contribution in [1.29, 1.82) is 0 Å². The van der Waals surface area contributed by atoms with Crippen molar-refractivity contribution in [2.45, 2.75) is 26.3 Å². The molecule has 3 rings (SSSR count). The summed E-state index contributed by atoms with van der Waals surface area (Å²) in [5.41, 5.74) is 4.25. The highest BCUT2D eigenvalue weighted by Crippen LogP contribution is 2.22. The summed E-state index contributed by atoms with van der Waals surface area (Å²) >= 11 is 7.77. The molecule has 0 amide bonds. The number of pyridine rings is 1. The number of hydrogen-bond acceptors (Lipinski definition) is 3. The molecule has 0 atom stereocenters. The Labute approximate surface area is 120 Å². The molecule has 0 aliphatic rings. The van der Waals surface area contributed by atoms with Gasteiger partial charge in [0.15, 0.2) is 5.65 Å². The topological polar surface area (TPSA) is 30.7 Å². The van der Waals surface area contributed by atoms with E-state index < -0.39 is 0 Å². The fraction of sp³-hybridized carbons (Fsp3) is 0.286. The molecule has 0 radical (unpaired) electrons. The van der Waals surface area contributed by atoms with Crippen molar-refractivity contribution in [3.63, 3.8) is 0 Å². The minimum atomic E-state index is 0.403. The van der Waals surface area contributed by atoms with E-state index in [9.17, 15) is 0 Å². The second-order valence-electron chi connectivity index (χ2n) is 4.63. The molecule has 3 heterocycles. The van der Waals surface area contributed by atoms with Crippen molar-refractivity contribution in [2.24, 2.45) is 0 Å². The third kappa shape index (κ3) is 2.26. The minimum Gasteiger partial charge on any atom is -0.306 e. The summed E-state index contributed by atoms with van der Waals surface area (Å²) in [4.78, 5) is 10.4. The van der Waals surface area contributed by atoms with Gasteiger partial charge in [-0.1, -0.05) is 0 Å². The van der Waals surface area contributed by atoms with Gasteiger partial charge in [-0.2, -0.15) is 0 Å². The van der Waals surface area contributed by atoms with E-state index in [4.69, 9.17) is 11.6 Å². The molecule has 0 bridgehead atoms. The molecule has 3 aromatic heterocycles. The van der Waals surface area contributed by atoms with Gasteiger partial charge in [0.2, 0.25) is 0 Å². The zero-order valence-electron chi connectivity index (χ0n) is 10.9. The Hall–Kier alpha value is -1.39. The summed E-state index contributed by atoms with van der Waals surface area (Å²) in [5.74, 6) is 1.28. The van der Waals surface area contributed by atoms with Crippen LogP contribution < -0.4 is 0 Å². The molecule has 0 saturated carbocycles. The maximum Gasteiger partial charge on any atom is 0.160 e. The number of aromatic nitrogens is 3. The van der Waals surface area contributed by atoms with Crippen molar-refractivity contribution < 1.29 is 0 Å². The van der Waals surface area contributed by atoms with Crippen LogP contribution in [0.4, 0.5) is 0 Å². The minimum absolute atomic E-state index is 0.403. The van der Waals surface area contributed by atoms with E-state index in [0.717, 1.165) is 29.1 Å². The fourth-order valence-electron chi connectivity index (χ4n) is 2.14. The second-order valence-corrected chi connectivity index (χ2v) is 5.90. The molecule has 0 aliphatic carbocycles. The van der Waals surface area contributed by atoms with Crippen molar-refractivity contribution in [1.82, 2.24) is 14.5 Å². The van der Waals surface area contributed by atoms with E-state index in [-0.39, 0.29) is 0 Å². The monoisotopic (exact) mass is 291 g/mol. The van der Waals surface area contributed by atoms with Crippen molar-refractivity contribution >= 4 is 34.1 Å². The van der Waals surface area contributed by atoms with Crippen LogP contribution in [-0.4, -0.2) is 14.5 Å². The molecule has 0 aromatic carbocycles. The highest BCUT2D eigenvalue weighted by atomic mass is 35.5. The van der Waals surface area contributed by atoms with E-state index in [1.54, 1.807) is 11.3 Å². The van der Waals surface area contributed by atoms with E-state index in [2.05, 4.69) is 39.0 Å². The number of thiophene rings is 1. The lowest BCUT2D eigenvalue weighted by Gasteiger charge is -2.06. The molecule has 0 fully saturated rings. The van der Waals surface area contributed by atoms with E-state index in [0.29, 0.717) is 5.88 Å². The predicted octanol–water partition coefficient (Wildman–Crippen LogP) is 3.90. The van der Waals surface area contributed by atoms with Gasteiger partial charge in [0.1, 0.15) is 11.3 Å². The lowest BCUT2D eigenvalue weighted by atomic mass is 10.3. The maximum atomic E-state index is 6.02. The molecule has 5 heteroatoms. The number of imidazole rings is 1. The Morgan fingerprint density at radius 2 is 2.21 bits per heavy atom. The van der Waals surface area contributed by atoms with Gasteiger partial charge in [0.05, 0.1) is 12.4 Å². The van der Waals surface area contributed by atoms with Gasteiger partial charge < -0.3 is 4.57 Å². The quantitative estimate of drug-likeness (QED) is 0.685. The normalized spacial score (nSPS) is 11.3. The van der Waals surface area contributed by atoms with E-state index >= 15 is 0 Å². The number of aryl methyl sites for hydroxylation is 2. The summed E-state index contributed by atoms with van der Waals surface area (Å²) in [6, 6.07) is 4.19. The van der Waals surface area contributed by atoms with Gasteiger partial charge >= 0.3 is 0 Å². The summed E-state index contributed by atoms with van der Waals surface area (Å²) in [5, 5.41) is 2.11. The summed E-state index contributed by atoms with van der Waals surface area (Å²) < 4.78 is 2.11. The largest absolute Gasteiger partial charge is 0.306 e. The Morgan fingerprint density at radius 3 is 2.89 bits per heavy atom. The van der Waals surface area contributed by atoms with E-state index in [1.807, 2.05) is 13.1 Å². The Bertz CT molecular complexity index is 729. The first-order valence-electron chi connectivity index (χ1n) is 6.09. The number of fused-ring (bicyclic) bond motifs is 1. The van der Waals surface area contributed by atoms with Crippen molar-refractivity contribution in [3.05, 3.63) is 45.5 Å². The molecule has 0 N–H and O–H groups in total. The van der Waals surface area contributed by atoms with Gasteiger partial charge in [-0.25, -0.2) is 9.97 Å².